The van der Waals surface area contributed by atoms with Crippen LogP contribution in [-0.4, -0.2) is 86.7 Å². The molecule has 0 aromatic carbocycles. The molecule has 0 saturated carbocycles. The van der Waals surface area contributed by atoms with Crippen LogP contribution in [0.15, 0.2) is 4.99 Å². The third kappa shape index (κ3) is 6.76. The van der Waals surface area contributed by atoms with Crippen molar-refractivity contribution in [2.75, 3.05) is 59.0 Å². The molecule has 0 spiro atoms. The average molecular weight is 368 g/mol. The van der Waals surface area contributed by atoms with Gasteiger partial charge in [-0.3, -0.25) is 14.7 Å². The molecule has 2 fully saturated rings. The highest BCUT2D eigenvalue weighted by atomic mass is 16.5. The molecule has 0 radical (unpaired) electrons. The molecule has 2 rings (SSSR count). The van der Waals surface area contributed by atoms with E-state index < -0.39 is 0 Å². The summed E-state index contributed by atoms with van der Waals surface area (Å²) in [6.07, 6.45) is 2.81. The van der Waals surface area contributed by atoms with Crippen molar-refractivity contribution in [2.45, 2.75) is 46.1 Å². The molecule has 0 bridgehead atoms. The Labute approximate surface area is 158 Å². The molecule has 26 heavy (non-hydrogen) atoms. The highest BCUT2D eigenvalue weighted by molar-refractivity contribution is 5.81. The van der Waals surface area contributed by atoms with Crippen molar-refractivity contribution in [2.24, 2.45) is 10.9 Å². The van der Waals surface area contributed by atoms with E-state index >= 15 is 0 Å². The molecule has 1 amide bonds. The molecule has 7 nitrogen and oxygen atoms in total. The minimum atomic E-state index is 0.249. The number of likely N-dealkylation sites (tertiary alicyclic amines) is 1. The van der Waals surface area contributed by atoms with Gasteiger partial charge in [0.1, 0.15) is 0 Å². The third-order valence-electron chi connectivity index (χ3n) is 5.16. The van der Waals surface area contributed by atoms with Gasteiger partial charge in [0.2, 0.25) is 5.91 Å². The van der Waals surface area contributed by atoms with Crippen LogP contribution in [0.2, 0.25) is 0 Å². The molecule has 0 aromatic rings. The van der Waals surface area contributed by atoms with Crippen LogP contribution in [0.25, 0.3) is 0 Å². The Morgan fingerprint density at radius 3 is 2.42 bits per heavy atom. The molecule has 2 N–H and O–H groups in total. The van der Waals surface area contributed by atoms with Gasteiger partial charge in [-0.2, -0.15) is 0 Å². The summed E-state index contributed by atoms with van der Waals surface area (Å²) in [7, 11) is 0. The minimum absolute atomic E-state index is 0.249. The first kappa shape index (κ1) is 21.0. The van der Waals surface area contributed by atoms with Crippen LogP contribution in [0.5, 0.6) is 0 Å². The highest BCUT2D eigenvalue weighted by Crippen LogP contribution is 2.13. The van der Waals surface area contributed by atoms with Crippen molar-refractivity contribution in [1.82, 2.24) is 20.4 Å². The molecule has 1 atom stereocenters. The lowest BCUT2D eigenvalue weighted by Crippen LogP contribution is -2.48. The smallest absolute Gasteiger partial charge is 0.224 e. The van der Waals surface area contributed by atoms with E-state index in [-0.39, 0.29) is 5.91 Å². The van der Waals surface area contributed by atoms with Crippen LogP contribution in [-0.2, 0) is 9.53 Å². The van der Waals surface area contributed by atoms with Crippen molar-refractivity contribution in [3.05, 3.63) is 0 Å². The summed E-state index contributed by atoms with van der Waals surface area (Å²) in [5.41, 5.74) is 0. The summed E-state index contributed by atoms with van der Waals surface area (Å²) in [4.78, 5) is 21.4. The van der Waals surface area contributed by atoms with E-state index in [1.54, 1.807) is 0 Å². The fourth-order valence-corrected chi connectivity index (χ4v) is 3.60. The molecule has 7 heteroatoms. The van der Waals surface area contributed by atoms with Gasteiger partial charge in [-0.1, -0.05) is 13.8 Å². The number of hydrogen-bond donors (Lipinski definition) is 2. The quantitative estimate of drug-likeness (QED) is 0.493. The van der Waals surface area contributed by atoms with Gasteiger partial charge in [0.05, 0.1) is 19.8 Å². The van der Waals surface area contributed by atoms with Crippen LogP contribution in [0.4, 0.5) is 0 Å². The lowest BCUT2D eigenvalue weighted by Gasteiger charge is -2.36. The fourth-order valence-electron chi connectivity index (χ4n) is 3.60. The van der Waals surface area contributed by atoms with Gasteiger partial charge >= 0.3 is 0 Å². The number of nitrogens with one attached hydrogen (secondary N) is 2. The molecular formula is C19H37N5O2. The molecule has 2 heterocycles. The predicted octanol–water partition coefficient (Wildman–Crippen LogP) is 0.911. The predicted molar refractivity (Wildman–Crippen MR) is 105 cm³/mol. The second-order valence-electron chi connectivity index (χ2n) is 7.44. The van der Waals surface area contributed by atoms with Crippen molar-refractivity contribution in [3.8, 4) is 0 Å². The van der Waals surface area contributed by atoms with Gasteiger partial charge in [-0.15, -0.1) is 0 Å². The summed E-state index contributed by atoms with van der Waals surface area (Å²) in [5, 5.41) is 6.61. The van der Waals surface area contributed by atoms with Gasteiger partial charge in [-0.05, 0) is 25.7 Å². The van der Waals surface area contributed by atoms with Gasteiger partial charge in [0, 0.05) is 51.7 Å². The van der Waals surface area contributed by atoms with E-state index in [2.05, 4.69) is 36.3 Å². The van der Waals surface area contributed by atoms with E-state index in [0.717, 1.165) is 71.3 Å². The summed E-state index contributed by atoms with van der Waals surface area (Å²) in [6.45, 7) is 14.2. The van der Waals surface area contributed by atoms with Gasteiger partial charge in [0.15, 0.2) is 5.96 Å². The zero-order valence-electron chi connectivity index (χ0n) is 16.8. The average Bonchev–Trinajstić information content (AvgIpc) is 3.17. The molecular weight excluding hydrogens is 330 g/mol. The zero-order chi connectivity index (χ0) is 18.8. The standard InChI is InChI=1S/C19H37N5O2/c1-4-20-19(21-8-7-18(25)24-9-5-6-10-24)22-15-17(16(2)3)23-11-13-26-14-12-23/h16-17H,4-15H2,1-3H3,(H2,20,21,22). The van der Waals surface area contributed by atoms with Crippen LogP contribution < -0.4 is 10.6 Å². The molecule has 0 aromatic heterocycles. The van der Waals surface area contributed by atoms with Crippen LogP contribution in [0.3, 0.4) is 0 Å². The van der Waals surface area contributed by atoms with Crippen LogP contribution >= 0.6 is 0 Å². The molecule has 2 aliphatic heterocycles. The summed E-state index contributed by atoms with van der Waals surface area (Å²) >= 11 is 0. The normalized spacial score (nSPS) is 20.5. The van der Waals surface area contributed by atoms with Crippen molar-refractivity contribution in [3.63, 3.8) is 0 Å². The minimum Gasteiger partial charge on any atom is -0.379 e. The Morgan fingerprint density at radius 2 is 1.81 bits per heavy atom. The summed E-state index contributed by atoms with van der Waals surface area (Å²) in [5.74, 6) is 1.59. The molecule has 2 aliphatic rings. The van der Waals surface area contributed by atoms with Crippen molar-refractivity contribution < 1.29 is 9.53 Å². The second-order valence-corrected chi connectivity index (χ2v) is 7.44. The number of carbonyl (C=O) groups excluding carboxylic acids is 1. The topological polar surface area (TPSA) is 69.2 Å². The van der Waals surface area contributed by atoms with Crippen LogP contribution in [0.1, 0.15) is 40.0 Å². The number of carbonyl (C=O) groups is 1. The number of rotatable bonds is 8. The monoisotopic (exact) mass is 367 g/mol. The van der Waals surface area contributed by atoms with Crippen LogP contribution in [0, 0.1) is 5.92 Å². The summed E-state index contributed by atoms with van der Waals surface area (Å²) < 4.78 is 5.47. The number of ether oxygens (including phenoxy) is 1. The number of aliphatic imine (C=N–C) groups is 1. The van der Waals surface area contributed by atoms with Crippen molar-refractivity contribution in [1.29, 1.82) is 0 Å². The van der Waals surface area contributed by atoms with Crippen molar-refractivity contribution >= 4 is 11.9 Å². The maximum Gasteiger partial charge on any atom is 0.224 e. The largest absolute Gasteiger partial charge is 0.379 e. The summed E-state index contributed by atoms with van der Waals surface area (Å²) in [6, 6.07) is 0.417. The van der Waals surface area contributed by atoms with E-state index in [9.17, 15) is 4.79 Å². The number of amides is 1. The Hall–Kier alpha value is -1.34. The van der Waals surface area contributed by atoms with E-state index in [1.807, 2.05) is 4.90 Å². The molecule has 0 aliphatic carbocycles. The van der Waals surface area contributed by atoms with Gasteiger partial charge < -0.3 is 20.3 Å². The lowest BCUT2D eigenvalue weighted by atomic mass is 10.0. The first-order chi connectivity index (χ1) is 12.6. The number of hydrogen-bond acceptors (Lipinski definition) is 4. The molecule has 2 saturated heterocycles. The maximum atomic E-state index is 12.2. The zero-order valence-corrected chi connectivity index (χ0v) is 16.8. The first-order valence-corrected chi connectivity index (χ1v) is 10.2. The Bertz CT molecular complexity index is 443. The molecule has 1 unspecified atom stereocenters. The SMILES string of the molecule is CCNC(=NCC(C(C)C)N1CCOCC1)NCCC(=O)N1CCCC1. The van der Waals surface area contributed by atoms with Gasteiger partial charge in [-0.25, -0.2) is 0 Å². The van der Waals surface area contributed by atoms with E-state index in [1.165, 1.54) is 0 Å². The number of nitrogens with zero attached hydrogens (tertiary/aromatic N) is 3. The molecule has 150 valence electrons. The van der Waals surface area contributed by atoms with E-state index in [0.29, 0.717) is 24.9 Å². The first-order valence-electron chi connectivity index (χ1n) is 10.2. The Morgan fingerprint density at radius 1 is 1.12 bits per heavy atom. The number of morpholine rings is 1. The van der Waals surface area contributed by atoms with E-state index in [4.69, 9.17) is 9.73 Å². The Kier molecular flexibility index (Phi) is 9.18. The maximum absolute atomic E-state index is 12.2. The highest BCUT2D eigenvalue weighted by Gasteiger charge is 2.23. The number of guanidine groups is 1. The Balaban J connectivity index is 1.82. The lowest BCUT2D eigenvalue weighted by molar-refractivity contribution is -0.129. The second kappa shape index (κ2) is 11.4. The van der Waals surface area contributed by atoms with Gasteiger partial charge in [0.25, 0.3) is 0 Å². The fraction of sp³-hybridized carbons (Fsp3) is 0.895. The third-order valence-corrected chi connectivity index (χ3v) is 5.16.